The maximum Gasteiger partial charge on any atom is 0.306 e. The first kappa shape index (κ1) is 19.4. The molecule has 2 heterocycles. The third-order valence-corrected chi connectivity index (χ3v) is 5.19. The summed E-state index contributed by atoms with van der Waals surface area (Å²) in [4.78, 5) is 27.3. The molecular weight excluding hydrogens is 398 g/mol. The van der Waals surface area contributed by atoms with Gasteiger partial charge in [-0.1, -0.05) is 17.7 Å². The Morgan fingerprint density at radius 2 is 2.10 bits per heavy atom. The Morgan fingerprint density at radius 3 is 2.90 bits per heavy atom. The molecule has 29 heavy (non-hydrogen) atoms. The minimum atomic E-state index is -0.780. The number of pyridine rings is 1. The van der Waals surface area contributed by atoms with Crippen LogP contribution in [0.4, 0.5) is 0 Å². The number of halogens is 1. The standard InChI is InChI=1S/C21H18ClNO6/c22-16-3-1-2-14-17(24)10-18(29-20(14)16)15-4-5-23-11-19(15)28-7-6-27-13-8-12(9-13)21(25)26/h1-5,10-13H,6-9H2,(H,25,26). The number of aromatic nitrogens is 1. The van der Waals surface area contributed by atoms with Crippen LogP contribution in [0.1, 0.15) is 12.8 Å². The quantitative estimate of drug-likeness (QED) is 0.586. The molecule has 0 spiro atoms. The molecule has 1 aliphatic rings. The lowest BCUT2D eigenvalue weighted by Gasteiger charge is -2.32. The van der Waals surface area contributed by atoms with E-state index in [0.29, 0.717) is 52.5 Å². The van der Waals surface area contributed by atoms with E-state index in [1.54, 1.807) is 30.5 Å². The first-order chi connectivity index (χ1) is 14.0. The lowest BCUT2D eigenvalue weighted by atomic mass is 9.82. The number of aliphatic carboxylic acids is 1. The van der Waals surface area contributed by atoms with Gasteiger partial charge in [0.05, 0.1) is 40.8 Å². The van der Waals surface area contributed by atoms with Crippen molar-refractivity contribution in [3.8, 4) is 17.1 Å². The highest BCUT2D eigenvalue weighted by atomic mass is 35.5. The number of hydrogen-bond acceptors (Lipinski definition) is 6. The molecule has 0 unspecified atom stereocenters. The molecule has 0 aliphatic heterocycles. The van der Waals surface area contributed by atoms with E-state index in [1.165, 1.54) is 12.3 Å². The second-order valence-corrected chi connectivity index (χ2v) is 7.22. The highest BCUT2D eigenvalue weighted by molar-refractivity contribution is 6.34. The molecule has 1 fully saturated rings. The second-order valence-electron chi connectivity index (χ2n) is 6.81. The van der Waals surface area contributed by atoms with Gasteiger partial charge >= 0.3 is 5.97 Å². The van der Waals surface area contributed by atoms with E-state index in [1.807, 2.05) is 0 Å². The van der Waals surface area contributed by atoms with Crippen LogP contribution in [0, 0.1) is 5.92 Å². The van der Waals surface area contributed by atoms with Gasteiger partial charge in [-0.2, -0.15) is 0 Å². The summed E-state index contributed by atoms with van der Waals surface area (Å²) >= 11 is 6.18. The van der Waals surface area contributed by atoms with Gasteiger partial charge in [0.2, 0.25) is 0 Å². The smallest absolute Gasteiger partial charge is 0.306 e. The Morgan fingerprint density at radius 1 is 1.28 bits per heavy atom. The van der Waals surface area contributed by atoms with E-state index in [9.17, 15) is 9.59 Å². The average molecular weight is 416 g/mol. The highest BCUT2D eigenvalue weighted by Gasteiger charge is 2.34. The molecule has 8 heteroatoms. The van der Waals surface area contributed by atoms with Crippen molar-refractivity contribution in [1.29, 1.82) is 0 Å². The van der Waals surface area contributed by atoms with Gasteiger partial charge in [-0.15, -0.1) is 0 Å². The number of carbonyl (C=O) groups is 1. The van der Waals surface area contributed by atoms with Crippen molar-refractivity contribution in [3.63, 3.8) is 0 Å². The zero-order valence-electron chi connectivity index (χ0n) is 15.3. The lowest BCUT2D eigenvalue weighted by molar-refractivity contribution is -0.151. The number of fused-ring (bicyclic) bond motifs is 1. The van der Waals surface area contributed by atoms with Crippen LogP contribution in [-0.4, -0.2) is 35.4 Å². The Balaban J connectivity index is 1.46. The van der Waals surface area contributed by atoms with Gasteiger partial charge in [-0.05, 0) is 31.0 Å². The van der Waals surface area contributed by atoms with Crippen molar-refractivity contribution in [2.75, 3.05) is 13.2 Å². The summed E-state index contributed by atoms with van der Waals surface area (Å²) in [5.74, 6) is -0.313. The summed E-state index contributed by atoms with van der Waals surface area (Å²) in [5.41, 5.74) is 0.696. The molecule has 0 amide bonds. The summed E-state index contributed by atoms with van der Waals surface area (Å²) in [6.45, 7) is 0.574. The summed E-state index contributed by atoms with van der Waals surface area (Å²) in [7, 11) is 0. The van der Waals surface area contributed by atoms with E-state index < -0.39 is 5.97 Å². The number of rotatable bonds is 7. The third-order valence-electron chi connectivity index (χ3n) is 4.90. The molecule has 0 bridgehead atoms. The SMILES string of the molecule is O=C(O)C1CC(OCCOc2cnccc2-c2cc(=O)c3cccc(Cl)c3o2)C1. The first-order valence-corrected chi connectivity index (χ1v) is 9.54. The van der Waals surface area contributed by atoms with Crippen LogP contribution < -0.4 is 10.2 Å². The minimum absolute atomic E-state index is 0.0475. The maximum absolute atomic E-state index is 12.4. The van der Waals surface area contributed by atoms with Crippen LogP contribution in [-0.2, 0) is 9.53 Å². The number of ether oxygens (including phenoxy) is 2. The topological polar surface area (TPSA) is 98.9 Å². The molecule has 0 radical (unpaired) electrons. The summed E-state index contributed by atoms with van der Waals surface area (Å²) in [6.07, 6.45) is 4.12. The third kappa shape index (κ3) is 4.11. The fraction of sp³-hybridized carbons (Fsp3) is 0.286. The van der Waals surface area contributed by atoms with Gasteiger partial charge in [-0.25, -0.2) is 0 Å². The van der Waals surface area contributed by atoms with Gasteiger partial charge in [0, 0.05) is 12.3 Å². The Labute approximate surface area is 170 Å². The van der Waals surface area contributed by atoms with Crippen LogP contribution in [0.2, 0.25) is 5.02 Å². The van der Waals surface area contributed by atoms with Gasteiger partial charge in [-0.3, -0.25) is 14.6 Å². The van der Waals surface area contributed by atoms with Crippen molar-refractivity contribution in [1.82, 2.24) is 4.98 Å². The molecular formula is C21H18ClNO6. The Hall–Kier alpha value is -2.90. The number of hydrogen-bond donors (Lipinski definition) is 1. The van der Waals surface area contributed by atoms with Gasteiger partial charge < -0.3 is 19.0 Å². The van der Waals surface area contributed by atoms with Crippen LogP contribution in [0.15, 0.2) is 51.9 Å². The summed E-state index contributed by atoms with van der Waals surface area (Å²) < 4.78 is 17.3. The van der Waals surface area contributed by atoms with Gasteiger partial charge in [0.25, 0.3) is 0 Å². The lowest BCUT2D eigenvalue weighted by Crippen LogP contribution is -2.37. The molecule has 3 aromatic rings. The fourth-order valence-electron chi connectivity index (χ4n) is 3.24. The highest BCUT2D eigenvalue weighted by Crippen LogP contribution is 2.32. The molecule has 1 N–H and O–H groups in total. The van der Waals surface area contributed by atoms with Gasteiger partial charge in [0.15, 0.2) is 11.0 Å². The molecule has 4 rings (SSSR count). The van der Waals surface area contributed by atoms with Crippen molar-refractivity contribution < 1.29 is 23.8 Å². The van der Waals surface area contributed by atoms with Gasteiger partial charge in [0.1, 0.15) is 18.1 Å². The zero-order chi connectivity index (χ0) is 20.4. The van der Waals surface area contributed by atoms with Crippen molar-refractivity contribution in [3.05, 3.63) is 58.0 Å². The van der Waals surface area contributed by atoms with Crippen LogP contribution in [0.5, 0.6) is 5.75 Å². The normalized spacial score (nSPS) is 18.4. The van der Waals surface area contributed by atoms with Crippen LogP contribution in [0.25, 0.3) is 22.3 Å². The Bertz CT molecular complexity index is 1110. The molecule has 1 aromatic carbocycles. The van der Waals surface area contributed by atoms with Crippen molar-refractivity contribution in [2.45, 2.75) is 18.9 Å². The van der Waals surface area contributed by atoms with E-state index in [4.69, 9.17) is 30.6 Å². The number of benzene rings is 1. The number of nitrogens with zero attached hydrogens (tertiary/aromatic N) is 1. The predicted octanol–water partition coefficient (Wildman–Crippen LogP) is 3.77. The van der Waals surface area contributed by atoms with E-state index in [-0.39, 0.29) is 24.1 Å². The Kier molecular flexibility index (Phi) is 5.51. The molecule has 7 nitrogen and oxygen atoms in total. The number of carboxylic acids is 1. The molecule has 0 atom stereocenters. The largest absolute Gasteiger partial charge is 0.489 e. The van der Waals surface area contributed by atoms with E-state index in [0.717, 1.165) is 0 Å². The molecule has 150 valence electrons. The van der Waals surface area contributed by atoms with E-state index >= 15 is 0 Å². The average Bonchev–Trinajstić information content (AvgIpc) is 2.67. The predicted molar refractivity (Wildman–Crippen MR) is 106 cm³/mol. The summed E-state index contributed by atoms with van der Waals surface area (Å²) in [6, 6.07) is 8.11. The first-order valence-electron chi connectivity index (χ1n) is 9.17. The minimum Gasteiger partial charge on any atom is -0.489 e. The van der Waals surface area contributed by atoms with Crippen LogP contribution >= 0.6 is 11.6 Å². The van der Waals surface area contributed by atoms with Crippen molar-refractivity contribution >= 4 is 28.5 Å². The fourth-order valence-corrected chi connectivity index (χ4v) is 3.46. The molecule has 2 aromatic heterocycles. The zero-order valence-corrected chi connectivity index (χ0v) is 16.1. The molecule has 0 saturated heterocycles. The summed E-state index contributed by atoms with van der Waals surface area (Å²) in [5, 5.41) is 9.65. The molecule has 1 saturated carbocycles. The van der Waals surface area contributed by atoms with E-state index in [2.05, 4.69) is 4.98 Å². The van der Waals surface area contributed by atoms with Crippen LogP contribution in [0.3, 0.4) is 0 Å². The van der Waals surface area contributed by atoms with Crippen molar-refractivity contribution in [2.24, 2.45) is 5.92 Å². The number of para-hydroxylation sites is 1. The second kappa shape index (κ2) is 8.23. The number of carboxylic acid groups (broad SMARTS) is 1. The maximum atomic E-state index is 12.4. The molecule has 1 aliphatic carbocycles. The monoisotopic (exact) mass is 415 g/mol.